The van der Waals surface area contributed by atoms with Crippen molar-refractivity contribution in [3.63, 3.8) is 0 Å². The van der Waals surface area contributed by atoms with Gasteiger partial charge in [-0.05, 0) is 73.4 Å². The van der Waals surface area contributed by atoms with Gasteiger partial charge < -0.3 is 5.11 Å². The SMILES string of the molecule is C[C@@H]1[C@@H]2Cc3ccc(O)cc3[C@@]1(C)CCN2CCCCC#N. The first-order valence-corrected chi connectivity index (χ1v) is 8.49. The van der Waals surface area contributed by atoms with Crippen LogP contribution in [0.3, 0.4) is 0 Å². The fourth-order valence-electron chi connectivity index (χ4n) is 4.49. The van der Waals surface area contributed by atoms with Crippen molar-refractivity contribution in [2.45, 2.75) is 57.4 Å². The number of phenolic OH excluding ortho intramolecular Hbond substituents is 1. The van der Waals surface area contributed by atoms with E-state index in [0.29, 0.717) is 24.1 Å². The molecule has 1 aromatic rings. The second kappa shape index (κ2) is 5.93. The Balaban J connectivity index is 1.80. The summed E-state index contributed by atoms with van der Waals surface area (Å²) >= 11 is 0. The van der Waals surface area contributed by atoms with Gasteiger partial charge in [0.15, 0.2) is 0 Å². The van der Waals surface area contributed by atoms with E-state index in [2.05, 4.69) is 30.9 Å². The topological polar surface area (TPSA) is 47.3 Å². The van der Waals surface area contributed by atoms with Crippen LogP contribution in [0.5, 0.6) is 5.75 Å². The molecule has 0 aromatic heterocycles. The van der Waals surface area contributed by atoms with Crippen molar-refractivity contribution in [2.24, 2.45) is 5.92 Å². The van der Waals surface area contributed by atoms with Crippen molar-refractivity contribution in [3.8, 4) is 11.8 Å². The average Bonchev–Trinajstić information content (AvgIpc) is 2.50. The number of unbranched alkanes of at least 4 members (excludes halogenated alkanes) is 2. The van der Waals surface area contributed by atoms with E-state index in [1.807, 2.05) is 12.1 Å². The Labute approximate surface area is 133 Å². The van der Waals surface area contributed by atoms with E-state index < -0.39 is 0 Å². The first-order chi connectivity index (χ1) is 10.6. The number of nitrogens with zero attached hydrogens (tertiary/aromatic N) is 2. The van der Waals surface area contributed by atoms with Gasteiger partial charge in [0, 0.05) is 12.5 Å². The monoisotopic (exact) mass is 298 g/mol. The molecule has 1 aliphatic heterocycles. The van der Waals surface area contributed by atoms with E-state index in [1.165, 1.54) is 11.1 Å². The molecule has 3 nitrogen and oxygen atoms in total. The number of hydrogen-bond donors (Lipinski definition) is 1. The Hall–Kier alpha value is -1.53. The molecule has 3 rings (SSSR count). The van der Waals surface area contributed by atoms with Crippen LogP contribution in [0.2, 0.25) is 0 Å². The van der Waals surface area contributed by atoms with E-state index in [4.69, 9.17) is 5.26 Å². The summed E-state index contributed by atoms with van der Waals surface area (Å²) in [6.45, 7) is 6.99. The minimum Gasteiger partial charge on any atom is -0.508 e. The van der Waals surface area contributed by atoms with Crippen LogP contribution in [0.4, 0.5) is 0 Å². The molecule has 22 heavy (non-hydrogen) atoms. The number of piperidine rings is 1. The maximum Gasteiger partial charge on any atom is 0.115 e. The highest BCUT2D eigenvalue weighted by Gasteiger charge is 2.48. The van der Waals surface area contributed by atoms with Crippen molar-refractivity contribution in [2.75, 3.05) is 13.1 Å². The molecule has 0 radical (unpaired) electrons. The van der Waals surface area contributed by atoms with Gasteiger partial charge in [-0.3, -0.25) is 4.90 Å². The normalized spacial score (nSPS) is 30.6. The highest BCUT2D eigenvalue weighted by molar-refractivity contribution is 5.44. The van der Waals surface area contributed by atoms with Crippen molar-refractivity contribution < 1.29 is 5.11 Å². The van der Waals surface area contributed by atoms with Gasteiger partial charge in [-0.15, -0.1) is 0 Å². The van der Waals surface area contributed by atoms with Gasteiger partial charge >= 0.3 is 0 Å². The summed E-state index contributed by atoms with van der Waals surface area (Å²) in [4.78, 5) is 2.64. The number of rotatable bonds is 4. The van der Waals surface area contributed by atoms with E-state index in [9.17, 15) is 5.11 Å². The van der Waals surface area contributed by atoms with Crippen LogP contribution in [0.1, 0.15) is 50.7 Å². The fraction of sp³-hybridized carbons (Fsp3) is 0.632. The molecule has 0 saturated carbocycles. The third kappa shape index (κ3) is 2.50. The maximum atomic E-state index is 9.87. The first-order valence-electron chi connectivity index (χ1n) is 8.49. The molecule has 118 valence electrons. The predicted octanol–water partition coefficient (Wildman–Crippen LogP) is 3.61. The molecule has 2 aliphatic rings. The van der Waals surface area contributed by atoms with E-state index in [-0.39, 0.29) is 5.41 Å². The van der Waals surface area contributed by atoms with Crippen molar-refractivity contribution in [1.82, 2.24) is 4.90 Å². The zero-order chi connectivity index (χ0) is 15.7. The van der Waals surface area contributed by atoms with Crippen LogP contribution in [0.25, 0.3) is 0 Å². The zero-order valence-corrected chi connectivity index (χ0v) is 13.7. The van der Waals surface area contributed by atoms with Gasteiger partial charge in [-0.2, -0.15) is 5.26 Å². The van der Waals surface area contributed by atoms with E-state index >= 15 is 0 Å². The molecule has 1 fully saturated rings. The lowest BCUT2D eigenvalue weighted by Gasteiger charge is -2.54. The molecule has 0 amide bonds. The van der Waals surface area contributed by atoms with E-state index in [0.717, 1.165) is 38.8 Å². The lowest BCUT2D eigenvalue weighted by atomic mass is 9.59. The molecule has 1 N–H and O–H groups in total. The molecular formula is C19H26N2O. The van der Waals surface area contributed by atoms with Gasteiger partial charge in [-0.1, -0.05) is 19.9 Å². The molecule has 1 aliphatic carbocycles. The quantitative estimate of drug-likeness (QED) is 0.864. The summed E-state index contributed by atoms with van der Waals surface area (Å²) in [7, 11) is 0. The van der Waals surface area contributed by atoms with Crippen LogP contribution in [-0.4, -0.2) is 29.1 Å². The van der Waals surface area contributed by atoms with Gasteiger partial charge in [-0.25, -0.2) is 0 Å². The highest BCUT2D eigenvalue weighted by atomic mass is 16.3. The standard InChI is InChI=1S/C19H26N2O/c1-14-18-12-15-6-7-16(22)13-17(15)19(14,2)8-11-21(18)10-5-3-4-9-20/h6-7,13-14,18,22H,3-5,8,10-12H2,1-2H3/t14-,18+,19+/m1/s1. The summed E-state index contributed by atoms with van der Waals surface area (Å²) in [5.41, 5.74) is 2.95. The molecule has 2 bridgehead atoms. The lowest BCUT2D eigenvalue weighted by molar-refractivity contribution is 0.0304. The maximum absolute atomic E-state index is 9.87. The van der Waals surface area contributed by atoms with Gasteiger partial charge in [0.1, 0.15) is 5.75 Å². The second-order valence-electron chi connectivity index (χ2n) is 7.22. The Bertz CT molecular complexity index is 592. The van der Waals surface area contributed by atoms with Gasteiger partial charge in [0.25, 0.3) is 0 Å². The molecule has 0 spiro atoms. The van der Waals surface area contributed by atoms with Crippen LogP contribution >= 0.6 is 0 Å². The zero-order valence-electron chi connectivity index (χ0n) is 13.7. The Kier molecular flexibility index (Phi) is 4.14. The second-order valence-corrected chi connectivity index (χ2v) is 7.22. The first kappa shape index (κ1) is 15.4. The fourth-order valence-corrected chi connectivity index (χ4v) is 4.49. The van der Waals surface area contributed by atoms with Crippen LogP contribution < -0.4 is 0 Å². The lowest BCUT2D eigenvalue weighted by Crippen LogP contribution is -2.58. The predicted molar refractivity (Wildman–Crippen MR) is 87.8 cm³/mol. The number of phenols is 1. The van der Waals surface area contributed by atoms with Crippen LogP contribution in [0, 0.1) is 17.2 Å². The summed E-state index contributed by atoms with van der Waals surface area (Å²) < 4.78 is 0. The van der Waals surface area contributed by atoms with Crippen molar-refractivity contribution in [3.05, 3.63) is 29.3 Å². The van der Waals surface area contributed by atoms with Crippen molar-refractivity contribution in [1.29, 1.82) is 5.26 Å². The third-order valence-corrected chi connectivity index (χ3v) is 6.09. The molecular weight excluding hydrogens is 272 g/mol. The number of aromatic hydroxyl groups is 1. The summed E-state index contributed by atoms with van der Waals surface area (Å²) in [6.07, 6.45) is 5.05. The largest absolute Gasteiger partial charge is 0.508 e. The third-order valence-electron chi connectivity index (χ3n) is 6.09. The van der Waals surface area contributed by atoms with Gasteiger partial charge in [0.05, 0.1) is 6.07 Å². The molecule has 1 saturated heterocycles. The molecule has 1 heterocycles. The number of likely N-dealkylation sites (tertiary alicyclic amines) is 1. The Morgan fingerprint density at radius 3 is 3.00 bits per heavy atom. The number of nitriles is 1. The summed E-state index contributed by atoms with van der Waals surface area (Å²) in [6, 6.07) is 8.76. The number of fused-ring (bicyclic) bond motifs is 4. The molecule has 3 atom stereocenters. The minimum absolute atomic E-state index is 0.181. The number of benzene rings is 1. The molecule has 1 aromatic carbocycles. The average molecular weight is 298 g/mol. The van der Waals surface area contributed by atoms with Crippen LogP contribution in [-0.2, 0) is 11.8 Å². The number of hydrogen-bond acceptors (Lipinski definition) is 3. The Morgan fingerprint density at radius 1 is 1.41 bits per heavy atom. The van der Waals surface area contributed by atoms with Crippen molar-refractivity contribution >= 4 is 0 Å². The summed E-state index contributed by atoms with van der Waals surface area (Å²) in [5.74, 6) is 0.996. The summed E-state index contributed by atoms with van der Waals surface area (Å²) in [5, 5.41) is 18.5. The Morgan fingerprint density at radius 2 is 2.23 bits per heavy atom. The van der Waals surface area contributed by atoms with Crippen LogP contribution in [0.15, 0.2) is 18.2 Å². The molecule has 0 unspecified atom stereocenters. The minimum atomic E-state index is 0.181. The van der Waals surface area contributed by atoms with Gasteiger partial charge in [0.2, 0.25) is 0 Å². The van der Waals surface area contributed by atoms with E-state index in [1.54, 1.807) is 0 Å². The highest BCUT2D eigenvalue weighted by Crippen LogP contribution is 2.49. The molecule has 3 heteroatoms. The smallest absolute Gasteiger partial charge is 0.115 e.